The zero-order chi connectivity index (χ0) is 18.2. The summed E-state index contributed by atoms with van der Waals surface area (Å²) in [6, 6.07) is -1.32. The second-order valence-electron chi connectivity index (χ2n) is 6.80. The number of aliphatic carboxylic acids is 1. The normalized spacial score (nSPS) is 12.7. The minimum atomic E-state index is -1.32. The van der Waals surface area contributed by atoms with Crippen molar-refractivity contribution < 1.29 is 29.0 Å². The Kier molecular flexibility index (Phi) is 8.64. The van der Waals surface area contributed by atoms with Gasteiger partial charge in [0, 0.05) is 0 Å². The van der Waals surface area contributed by atoms with Crippen molar-refractivity contribution in [2.75, 3.05) is 6.61 Å². The molecule has 0 saturated carbocycles. The van der Waals surface area contributed by atoms with E-state index in [0.29, 0.717) is 11.3 Å². The van der Waals surface area contributed by atoms with E-state index in [1.807, 2.05) is 20.8 Å². The molecule has 23 heavy (non-hydrogen) atoms. The molecule has 0 aliphatic heterocycles. The minimum absolute atomic E-state index is 0.0236. The molecule has 0 aromatic heterocycles. The van der Waals surface area contributed by atoms with Gasteiger partial charge in [-0.25, -0.2) is 14.4 Å². The topological polar surface area (TPSA) is 93.1 Å². The molecule has 7 nitrogen and oxygen atoms in total. The molecule has 0 aromatic rings. The molecular weight excluding hydrogens is 302 g/mol. The lowest BCUT2D eigenvalue weighted by Crippen LogP contribution is -2.51. The van der Waals surface area contributed by atoms with Crippen LogP contribution in [0.3, 0.4) is 0 Å². The Morgan fingerprint density at radius 1 is 1.13 bits per heavy atom. The second-order valence-corrected chi connectivity index (χ2v) is 6.80. The SMILES string of the molecule is CCCCOC(=O)N(C(=O)OC(C)(C)C)C(CC(C)C)C(=O)O. The quantitative estimate of drug-likeness (QED) is 0.716. The van der Waals surface area contributed by atoms with Crippen molar-refractivity contribution in [3.63, 3.8) is 0 Å². The number of rotatable bonds is 7. The van der Waals surface area contributed by atoms with Crippen LogP contribution in [0.25, 0.3) is 0 Å². The van der Waals surface area contributed by atoms with Crippen LogP contribution in [-0.2, 0) is 14.3 Å². The molecule has 1 unspecified atom stereocenters. The largest absolute Gasteiger partial charge is 0.480 e. The lowest BCUT2D eigenvalue weighted by atomic mass is 10.0. The third-order valence-electron chi connectivity index (χ3n) is 2.80. The van der Waals surface area contributed by atoms with E-state index in [1.165, 1.54) is 0 Å². The summed E-state index contributed by atoms with van der Waals surface area (Å²) < 4.78 is 10.2. The summed E-state index contributed by atoms with van der Waals surface area (Å²) in [5, 5.41) is 9.40. The van der Waals surface area contributed by atoms with Crippen LogP contribution in [-0.4, -0.2) is 46.4 Å². The first-order valence-corrected chi connectivity index (χ1v) is 7.91. The molecule has 0 rings (SSSR count). The fraction of sp³-hybridized carbons (Fsp3) is 0.812. The van der Waals surface area contributed by atoms with Crippen LogP contribution in [0.2, 0.25) is 0 Å². The predicted octanol–water partition coefficient (Wildman–Crippen LogP) is 3.66. The van der Waals surface area contributed by atoms with E-state index in [2.05, 4.69) is 0 Å². The predicted molar refractivity (Wildman–Crippen MR) is 85.2 cm³/mol. The van der Waals surface area contributed by atoms with Gasteiger partial charge in [0.15, 0.2) is 0 Å². The molecule has 0 aromatic carbocycles. The first kappa shape index (κ1) is 21.2. The van der Waals surface area contributed by atoms with Gasteiger partial charge in [-0.3, -0.25) is 0 Å². The first-order valence-electron chi connectivity index (χ1n) is 7.91. The fourth-order valence-corrected chi connectivity index (χ4v) is 1.78. The number of nitrogens with zero attached hydrogens (tertiary/aromatic N) is 1. The summed E-state index contributed by atoms with van der Waals surface area (Å²) in [6.07, 6.45) is -0.422. The van der Waals surface area contributed by atoms with Gasteiger partial charge < -0.3 is 14.6 Å². The highest BCUT2D eigenvalue weighted by Crippen LogP contribution is 2.18. The van der Waals surface area contributed by atoms with Crippen molar-refractivity contribution in [2.45, 2.75) is 72.4 Å². The van der Waals surface area contributed by atoms with Crippen molar-refractivity contribution in [1.82, 2.24) is 4.90 Å². The summed E-state index contributed by atoms with van der Waals surface area (Å²) in [6.45, 7) is 10.6. The molecule has 0 heterocycles. The average Bonchev–Trinajstić information content (AvgIpc) is 2.35. The highest BCUT2D eigenvalue weighted by Gasteiger charge is 2.39. The Balaban J connectivity index is 5.35. The smallest absolute Gasteiger partial charge is 0.420 e. The maximum absolute atomic E-state index is 12.3. The Bertz CT molecular complexity index is 413. The van der Waals surface area contributed by atoms with E-state index in [4.69, 9.17) is 9.47 Å². The summed E-state index contributed by atoms with van der Waals surface area (Å²) >= 11 is 0. The summed E-state index contributed by atoms with van der Waals surface area (Å²) in [7, 11) is 0. The van der Waals surface area contributed by atoms with Crippen molar-refractivity contribution in [3.05, 3.63) is 0 Å². The van der Waals surface area contributed by atoms with Gasteiger partial charge in [-0.05, 0) is 39.5 Å². The van der Waals surface area contributed by atoms with Crippen molar-refractivity contribution >= 4 is 18.2 Å². The zero-order valence-corrected chi connectivity index (χ0v) is 14.9. The van der Waals surface area contributed by atoms with Crippen LogP contribution in [0, 0.1) is 5.92 Å². The molecule has 0 saturated heterocycles. The Hall–Kier alpha value is -1.79. The number of hydrogen-bond acceptors (Lipinski definition) is 5. The molecular formula is C16H29NO6. The Morgan fingerprint density at radius 2 is 1.70 bits per heavy atom. The van der Waals surface area contributed by atoms with E-state index in [-0.39, 0.29) is 18.9 Å². The van der Waals surface area contributed by atoms with Crippen molar-refractivity contribution in [1.29, 1.82) is 0 Å². The monoisotopic (exact) mass is 331 g/mol. The van der Waals surface area contributed by atoms with Crippen LogP contribution in [0.4, 0.5) is 9.59 Å². The van der Waals surface area contributed by atoms with Gasteiger partial charge in [0.1, 0.15) is 11.6 Å². The number of carbonyl (C=O) groups excluding carboxylic acids is 2. The van der Waals surface area contributed by atoms with Crippen LogP contribution >= 0.6 is 0 Å². The molecule has 0 bridgehead atoms. The third-order valence-corrected chi connectivity index (χ3v) is 2.80. The standard InChI is InChI=1S/C16H29NO6/c1-7-8-9-22-14(20)17(15(21)23-16(4,5)6)12(13(18)19)10-11(2)3/h11-12H,7-10H2,1-6H3,(H,18,19). The van der Waals surface area contributed by atoms with Crippen LogP contribution in [0.15, 0.2) is 0 Å². The maximum atomic E-state index is 12.3. The van der Waals surface area contributed by atoms with Crippen LogP contribution < -0.4 is 0 Å². The van der Waals surface area contributed by atoms with Gasteiger partial charge >= 0.3 is 18.2 Å². The molecule has 2 amide bonds. The van der Waals surface area contributed by atoms with Gasteiger partial charge in [0.2, 0.25) is 0 Å². The fourth-order valence-electron chi connectivity index (χ4n) is 1.78. The first-order chi connectivity index (χ1) is 10.5. The molecule has 1 atom stereocenters. The van der Waals surface area contributed by atoms with Crippen LogP contribution in [0.5, 0.6) is 0 Å². The van der Waals surface area contributed by atoms with Gasteiger partial charge in [0.25, 0.3) is 0 Å². The highest BCUT2D eigenvalue weighted by molar-refractivity contribution is 5.93. The molecule has 0 fully saturated rings. The molecule has 1 N–H and O–H groups in total. The number of carbonyl (C=O) groups is 3. The number of carboxylic acids is 1. The van der Waals surface area contributed by atoms with E-state index >= 15 is 0 Å². The Labute approximate surface area is 137 Å². The number of amides is 2. The van der Waals surface area contributed by atoms with Gasteiger partial charge in [0.05, 0.1) is 6.61 Å². The van der Waals surface area contributed by atoms with E-state index in [9.17, 15) is 19.5 Å². The van der Waals surface area contributed by atoms with E-state index in [0.717, 1.165) is 6.42 Å². The third kappa shape index (κ3) is 8.42. The number of hydrogen-bond donors (Lipinski definition) is 1. The molecule has 0 aliphatic carbocycles. The van der Waals surface area contributed by atoms with Gasteiger partial charge in [-0.15, -0.1) is 0 Å². The van der Waals surface area contributed by atoms with Crippen molar-refractivity contribution in [3.8, 4) is 0 Å². The molecule has 0 spiro atoms. The number of ether oxygens (including phenoxy) is 2. The number of carboxylic acid groups (broad SMARTS) is 1. The van der Waals surface area contributed by atoms with Crippen LogP contribution in [0.1, 0.15) is 60.8 Å². The van der Waals surface area contributed by atoms with Gasteiger partial charge in [-0.2, -0.15) is 4.90 Å². The Morgan fingerprint density at radius 3 is 2.09 bits per heavy atom. The average molecular weight is 331 g/mol. The van der Waals surface area contributed by atoms with E-state index < -0.39 is 29.8 Å². The minimum Gasteiger partial charge on any atom is -0.480 e. The number of unbranched alkanes of at least 4 members (excludes halogenated alkanes) is 1. The summed E-state index contributed by atoms with van der Waals surface area (Å²) in [4.78, 5) is 36.6. The second kappa shape index (κ2) is 9.37. The molecule has 7 heteroatoms. The zero-order valence-electron chi connectivity index (χ0n) is 14.9. The molecule has 134 valence electrons. The maximum Gasteiger partial charge on any atom is 0.420 e. The van der Waals surface area contributed by atoms with Gasteiger partial charge in [-0.1, -0.05) is 27.2 Å². The lowest BCUT2D eigenvalue weighted by Gasteiger charge is -2.30. The lowest BCUT2D eigenvalue weighted by molar-refractivity contribution is -0.143. The summed E-state index contributed by atoms with van der Waals surface area (Å²) in [5.41, 5.74) is -0.847. The molecule has 0 radical (unpaired) electrons. The summed E-state index contributed by atoms with van der Waals surface area (Å²) in [5.74, 6) is -1.29. The highest BCUT2D eigenvalue weighted by atomic mass is 16.6. The van der Waals surface area contributed by atoms with E-state index in [1.54, 1.807) is 20.8 Å². The molecule has 0 aliphatic rings. The van der Waals surface area contributed by atoms with Crippen molar-refractivity contribution in [2.24, 2.45) is 5.92 Å². The number of imide groups is 1.